The molecule has 3 nitrogen and oxygen atoms in total. The van der Waals surface area contributed by atoms with E-state index in [1.54, 1.807) is 18.2 Å². The van der Waals surface area contributed by atoms with Crippen LogP contribution in [0.1, 0.15) is 10.1 Å². The fourth-order valence-electron chi connectivity index (χ4n) is 1.66. The molecule has 1 heterocycles. The minimum absolute atomic E-state index is 0. The molecule has 104 valence electrons. The van der Waals surface area contributed by atoms with Gasteiger partial charge in [-0.25, -0.2) is 8.42 Å². The van der Waals surface area contributed by atoms with Crippen molar-refractivity contribution in [2.24, 2.45) is 5.73 Å². The van der Waals surface area contributed by atoms with Crippen LogP contribution in [0.4, 0.5) is 0 Å². The summed E-state index contributed by atoms with van der Waals surface area (Å²) in [5.74, 6) is 0. The van der Waals surface area contributed by atoms with E-state index in [0.29, 0.717) is 5.02 Å². The van der Waals surface area contributed by atoms with Crippen LogP contribution in [0.2, 0.25) is 5.02 Å². The number of sulfone groups is 1. The van der Waals surface area contributed by atoms with Crippen molar-refractivity contribution < 1.29 is 8.42 Å². The third-order valence-corrected chi connectivity index (χ3v) is 6.10. The fraction of sp³-hybridized carbons (Fsp3) is 0.167. The number of thiophene rings is 1. The Morgan fingerprint density at radius 3 is 2.32 bits per heavy atom. The highest BCUT2D eigenvalue weighted by Crippen LogP contribution is 2.31. The van der Waals surface area contributed by atoms with Crippen molar-refractivity contribution in [2.45, 2.75) is 10.1 Å². The van der Waals surface area contributed by atoms with Gasteiger partial charge in [0.05, 0.1) is 4.90 Å². The van der Waals surface area contributed by atoms with Gasteiger partial charge in [-0.15, -0.1) is 23.7 Å². The monoisotopic (exact) mass is 337 g/mol. The molecule has 1 aromatic carbocycles. The first kappa shape index (κ1) is 16.5. The predicted molar refractivity (Wildman–Crippen MR) is 82.0 cm³/mol. The van der Waals surface area contributed by atoms with Crippen LogP contribution in [0.25, 0.3) is 0 Å². The summed E-state index contributed by atoms with van der Waals surface area (Å²) < 4.78 is 24.9. The Balaban J connectivity index is 0.00000180. The van der Waals surface area contributed by atoms with Gasteiger partial charge in [-0.2, -0.15) is 0 Å². The molecule has 7 heteroatoms. The summed E-state index contributed by atoms with van der Waals surface area (Å²) in [4.78, 5) is 1.00. The standard InChI is InChI=1S/C12H12ClNO2S2.ClH/c13-9-3-5-10(6-4-9)18(15,16)12(8-14)11-2-1-7-17-11;/h1-7,12H,8,14H2;1H. The maximum Gasteiger partial charge on any atom is 0.187 e. The topological polar surface area (TPSA) is 60.2 Å². The van der Waals surface area contributed by atoms with E-state index < -0.39 is 15.1 Å². The van der Waals surface area contributed by atoms with Gasteiger partial charge < -0.3 is 5.73 Å². The molecule has 0 amide bonds. The summed E-state index contributed by atoms with van der Waals surface area (Å²) in [6.07, 6.45) is 0. The first-order valence-corrected chi connectivity index (χ1v) is 8.09. The molecule has 2 N–H and O–H groups in total. The first-order valence-electron chi connectivity index (χ1n) is 5.28. The first-order chi connectivity index (χ1) is 8.55. The number of nitrogens with two attached hydrogens (primary N) is 1. The van der Waals surface area contributed by atoms with E-state index in [2.05, 4.69) is 0 Å². The van der Waals surface area contributed by atoms with Crippen molar-refractivity contribution in [3.05, 3.63) is 51.7 Å². The summed E-state index contributed by atoms with van der Waals surface area (Å²) in [6.45, 7) is 0.0610. The molecule has 0 aliphatic heterocycles. The van der Waals surface area contributed by atoms with Gasteiger partial charge in [-0.1, -0.05) is 17.7 Å². The van der Waals surface area contributed by atoms with Crippen molar-refractivity contribution in [1.29, 1.82) is 0 Å². The largest absolute Gasteiger partial charge is 0.329 e. The van der Waals surface area contributed by atoms with Crippen LogP contribution in [-0.2, 0) is 9.84 Å². The Morgan fingerprint density at radius 1 is 1.21 bits per heavy atom. The highest BCUT2D eigenvalue weighted by Gasteiger charge is 2.28. The highest BCUT2D eigenvalue weighted by molar-refractivity contribution is 7.91. The Hall–Kier alpha value is -0.590. The van der Waals surface area contributed by atoms with Crippen molar-refractivity contribution in [3.8, 4) is 0 Å². The Bertz CT molecular complexity index is 610. The lowest BCUT2D eigenvalue weighted by Gasteiger charge is -2.14. The van der Waals surface area contributed by atoms with Crippen LogP contribution < -0.4 is 5.73 Å². The van der Waals surface area contributed by atoms with Gasteiger partial charge in [0.1, 0.15) is 5.25 Å². The minimum Gasteiger partial charge on any atom is -0.329 e. The molecule has 0 saturated heterocycles. The zero-order valence-corrected chi connectivity index (χ0v) is 13.0. The zero-order chi connectivity index (χ0) is 13.2. The maximum absolute atomic E-state index is 12.5. The second-order valence-corrected chi connectivity index (χ2v) is 7.28. The van der Waals surface area contributed by atoms with E-state index in [9.17, 15) is 8.42 Å². The second kappa shape index (κ2) is 6.72. The fourth-order valence-corrected chi connectivity index (χ4v) is 4.53. The molecule has 0 aliphatic carbocycles. The van der Waals surface area contributed by atoms with Gasteiger partial charge in [0.2, 0.25) is 0 Å². The van der Waals surface area contributed by atoms with E-state index in [0.717, 1.165) is 4.88 Å². The molecule has 0 saturated carbocycles. The van der Waals surface area contributed by atoms with Gasteiger partial charge in [0.25, 0.3) is 0 Å². The molecule has 0 aliphatic rings. The van der Waals surface area contributed by atoms with Gasteiger partial charge in [-0.05, 0) is 35.7 Å². The lowest BCUT2D eigenvalue weighted by molar-refractivity contribution is 0.583. The van der Waals surface area contributed by atoms with Crippen LogP contribution in [-0.4, -0.2) is 15.0 Å². The SMILES string of the molecule is Cl.NCC(c1cccs1)S(=O)(=O)c1ccc(Cl)cc1. The van der Waals surface area contributed by atoms with Crippen molar-refractivity contribution in [1.82, 2.24) is 0 Å². The average molecular weight is 338 g/mol. The number of halogens is 2. The van der Waals surface area contributed by atoms with Crippen LogP contribution in [0.3, 0.4) is 0 Å². The Labute approximate surface area is 127 Å². The second-order valence-electron chi connectivity index (χ2n) is 3.74. The van der Waals surface area contributed by atoms with E-state index >= 15 is 0 Å². The molecule has 19 heavy (non-hydrogen) atoms. The summed E-state index contributed by atoms with van der Waals surface area (Å²) in [5, 5.41) is 1.66. The van der Waals surface area contributed by atoms with E-state index in [1.807, 2.05) is 11.4 Å². The van der Waals surface area contributed by atoms with Gasteiger partial charge in [0.15, 0.2) is 9.84 Å². The zero-order valence-electron chi connectivity index (χ0n) is 9.82. The van der Waals surface area contributed by atoms with E-state index in [4.69, 9.17) is 17.3 Å². The average Bonchev–Trinajstić information content (AvgIpc) is 2.84. The van der Waals surface area contributed by atoms with Gasteiger partial charge in [-0.3, -0.25) is 0 Å². The molecule has 1 atom stereocenters. The molecule has 1 aromatic heterocycles. The third kappa shape index (κ3) is 3.49. The molecule has 0 bridgehead atoms. The van der Waals surface area contributed by atoms with Crippen molar-refractivity contribution in [2.75, 3.05) is 6.54 Å². The van der Waals surface area contributed by atoms with E-state index in [1.165, 1.54) is 23.5 Å². The van der Waals surface area contributed by atoms with Crippen LogP contribution in [0.5, 0.6) is 0 Å². The Morgan fingerprint density at radius 2 is 1.84 bits per heavy atom. The Kier molecular flexibility index (Phi) is 5.82. The molecule has 0 fully saturated rings. The summed E-state index contributed by atoms with van der Waals surface area (Å²) >= 11 is 7.15. The molecular weight excluding hydrogens is 325 g/mol. The lowest BCUT2D eigenvalue weighted by Crippen LogP contribution is -2.21. The molecular formula is C12H13Cl2NO2S2. The van der Waals surface area contributed by atoms with Crippen LogP contribution >= 0.6 is 35.3 Å². The van der Waals surface area contributed by atoms with Gasteiger partial charge >= 0.3 is 0 Å². The number of hydrogen-bond acceptors (Lipinski definition) is 4. The number of benzene rings is 1. The van der Waals surface area contributed by atoms with Crippen molar-refractivity contribution >= 4 is 45.2 Å². The quantitative estimate of drug-likeness (QED) is 0.930. The molecule has 2 aromatic rings. The smallest absolute Gasteiger partial charge is 0.187 e. The molecule has 0 spiro atoms. The number of hydrogen-bond donors (Lipinski definition) is 1. The predicted octanol–water partition coefficient (Wildman–Crippen LogP) is 3.30. The van der Waals surface area contributed by atoms with Gasteiger partial charge in [0, 0.05) is 16.4 Å². The third-order valence-electron chi connectivity index (χ3n) is 2.59. The normalized spacial score (nSPS) is 12.7. The molecule has 2 rings (SSSR count). The highest BCUT2D eigenvalue weighted by atomic mass is 35.5. The minimum atomic E-state index is -3.46. The molecule has 1 unspecified atom stereocenters. The van der Waals surface area contributed by atoms with Crippen LogP contribution in [0, 0.1) is 0 Å². The van der Waals surface area contributed by atoms with Crippen molar-refractivity contribution in [3.63, 3.8) is 0 Å². The van der Waals surface area contributed by atoms with Crippen LogP contribution in [0.15, 0.2) is 46.7 Å². The van der Waals surface area contributed by atoms with E-state index in [-0.39, 0.29) is 23.8 Å². The lowest BCUT2D eigenvalue weighted by atomic mass is 10.3. The number of rotatable bonds is 4. The maximum atomic E-state index is 12.5. The summed E-state index contributed by atoms with van der Waals surface area (Å²) in [6, 6.07) is 9.75. The summed E-state index contributed by atoms with van der Waals surface area (Å²) in [7, 11) is -3.46. The summed E-state index contributed by atoms with van der Waals surface area (Å²) in [5.41, 5.74) is 5.62. The molecule has 0 radical (unpaired) electrons.